The highest BCUT2D eigenvalue weighted by Crippen LogP contribution is 2.26. The molecule has 2 aromatic heterocycles. The van der Waals surface area contributed by atoms with Gasteiger partial charge in [0.2, 0.25) is 11.6 Å². The van der Waals surface area contributed by atoms with Gasteiger partial charge in [0.05, 0.1) is 18.1 Å². The molecule has 128 valence electrons. The second-order valence-corrected chi connectivity index (χ2v) is 5.67. The van der Waals surface area contributed by atoms with E-state index in [1.54, 1.807) is 12.4 Å². The van der Waals surface area contributed by atoms with Crippen LogP contribution in [0.3, 0.4) is 0 Å². The van der Waals surface area contributed by atoms with E-state index >= 15 is 0 Å². The lowest BCUT2D eigenvalue weighted by atomic mass is 10.1. The number of nitrogens with zero attached hydrogens (tertiary/aromatic N) is 3. The maximum atomic E-state index is 12.2. The molecule has 0 aliphatic rings. The summed E-state index contributed by atoms with van der Waals surface area (Å²) in [5.74, 6) is -0.435. The fourth-order valence-electron chi connectivity index (χ4n) is 2.73. The summed E-state index contributed by atoms with van der Waals surface area (Å²) < 4.78 is 10.6. The van der Waals surface area contributed by atoms with Gasteiger partial charge in [-0.3, -0.25) is 4.98 Å². The first-order chi connectivity index (χ1) is 12.8. The van der Waals surface area contributed by atoms with Gasteiger partial charge in [0.1, 0.15) is 6.61 Å². The van der Waals surface area contributed by atoms with Gasteiger partial charge in [-0.15, -0.1) is 0 Å². The van der Waals surface area contributed by atoms with Crippen LogP contribution in [-0.2, 0) is 11.3 Å². The van der Waals surface area contributed by atoms with E-state index in [4.69, 9.17) is 9.47 Å². The molecule has 6 heteroatoms. The zero-order valence-electron chi connectivity index (χ0n) is 14.0. The molecule has 0 atom stereocenters. The Morgan fingerprint density at radius 3 is 2.69 bits per heavy atom. The van der Waals surface area contributed by atoms with Gasteiger partial charge in [0, 0.05) is 23.2 Å². The number of rotatable bonds is 4. The summed E-state index contributed by atoms with van der Waals surface area (Å²) in [6.07, 6.45) is 3.43. The summed E-state index contributed by atoms with van der Waals surface area (Å²) in [5.41, 5.74) is 2.27. The van der Waals surface area contributed by atoms with Crippen molar-refractivity contribution in [3.63, 3.8) is 0 Å². The van der Waals surface area contributed by atoms with Crippen molar-refractivity contribution >= 4 is 27.8 Å². The second-order valence-electron chi connectivity index (χ2n) is 5.67. The number of pyridine rings is 1. The number of methoxy groups -OCH3 is 1. The summed E-state index contributed by atoms with van der Waals surface area (Å²) in [6, 6.07) is 15.2. The van der Waals surface area contributed by atoms with Crippen molar-refractivity contribution in [3.8, 4) is 5.88 Å². The molecule has 0 N–H and O–H groups in total. The van der Waals surface area contributed by atoms with E-state index in [1.807, 2.05) is 48.5 Å². The van der Waals surface area contributed by atoms with Crippen molar-refractivity contribution in [1.82, 2.24) is 15.0 Å². The van der Waals surface area contributed by atoms with Gasteiger partial charge in [0.15, 0.2) is 0 Å². The topological polar surface area (TPSA) is 74.2 Å². The van der Waals surface area contributed by atoms with E-state index in [1.165, 1.54) is 7.11 Å². The summed E-state index contributed by atoms with van der Waals surface area (Å²) in [5, 5.41) is 1.79. The van der Waals surface area contributed by atoms with E-state index < -0.39 is 5.97 Å². The van der Waals surface area contributed by atoms with Crippen LogP contribution in [-0.4, -0.2) is 28.0 Å². The van der Waals surface area contributed by atoms with E-state index in [9.17, 15) is 4.79 Å². The van der Waals surface area contributed by atoms with E-state index in [0.717, 1.165) is 16.3 Å². The number of hydrogen-bond donors (Lipinski definition) is 0. The molecule has 26 heavy (non-hydrogen) atoms. The van der Waals surface area contributed by atoms with Crippen LogP contribution in [0, 0.1) is 0 Å². The van der Waals surface area contributed by atoms with Crippen molar-refractivity contribution in [1.29, 1.82) is 0 Å². The lowest BCUT2D eigenvalue weighted by Gasteiger charge is -2.11. The molecule has 0 amide bonds. The standard InChI is InChI=1S/C20H15N3O3/c1-25-20(24)18-19(26-12-13-5-3-2-4-6-13)22-16-8-7-14-11-21-10-9-15(14)17(16)23-18/h2-11H,12H2,1H3. The van der Waals surface area contributed by atoms with Crippen LogP contribution in [0.4, 0.5) is 0 Å². The fourth-order valence-corrected chi connectivity index (χ4v) is 2.73. The molecule has 2 aromatic carbocycles. The van der Waals surface area contributed by atoms with E-state index in [-0.39, 0.29) is 18.2 Å². The van der Waals surface area contributed by atoms with Crippen molar-refractivity contribution in [3.05, 3.63) is 72.2 Å². The molecule has 0 saturated heterocycles. The van der Waals surface area contributed by atoms with Gasteiger partial charge in [0.25, 0.3) is 0 Å². The molecular formula is C20H15N3O3. The molecule has 0 aliphatic carbocycles. The largest absolute Gasteiger partial charge is 0.471 e. The summed E-state index contributed by atoms with van der Waals surface area (Å²) in [6.45, 7) is 0.280. The number of fused-ring (bicyclic) bond motifs is 3. The third-order valence-corrected chi connectivity index (χ3v) is 4.02. The molecule has 2 heterocycles. The molecule has 4 rings (SSSR count). The Labute approximate surface area is 149 Å². The number of ether oxygens (including phenoxy) is 2. The predicted octanol–water partition coefficient (Wildman–Crippen LogP) is 3.54. The van der Waals surface area contributed by atoms with Crippen molar-refractivity contribution < 1.29 is 14.3 Å². The predicted molar refractivity (Wildman–Crippen MR) is 97.0 cm³/mol. The monoisotopic (exact) mass is 345 g/mol. The first-order valence-corrected chi connectivity index (χ1v) is 8.06. The van der Waals surface area contributed by atoms with Crippen molar-refractivity contribution in [2.24, 2.45) is 0 Å². The van der Waals surface area contributed by atoms with Crippen LogP contribution >= 0.6 is 0 Å². The Morgan fingerprint density at radius 1 is 1.04 bits per heavy atom. The van der Waals surface area contributed by atoms with Crippen LogP contribution in [0.15, 0.2) is 60.9 Å². The zero-order valence-corrected chi connectivity index (χ0v) is 14.0. The van der Waals surface area contributed by atoms with Gasteiger partial charge >= 0.3 is 5.97 Å². The summed E-state index contributed by atoms with van der Waals surface area (Å²) in [4.78, 5) is 25.3. The zero-order chi connectivity index (χ0) is 17.9. The minimum Gasteiger partial charge on any atom is -0.471 e. The summed E-state index contributed by atoms with van der Waals surface area (Å²) in [7, 11) is 1.31. The minimum atomic E-state index is -0.589. The van der Waals surface area contributed by atoms with Gasteiger partial charge < -0.3 is 9.47 Å². The van der Waals surface area contributed by atoms with Gasteiger partial charge in [-0.25, -0.2) is 14.8 Å². The number of esters is 1. The Hall–Kier alpha value is -3.54. The Morgan fingerprint density at radius 2 is 1.88 bits per heavy atom. The first-order valence-electron chi connectivity index (χ1n) is 8.06. The normalized spacial score (nSPS) is 10.8. The van der Waals surface area contributed by atoms with Crippen molar-refractivity contribution in [2.75, 3.05) is 7.11 Å². The van der Waals surface area contributed by atoms with E-state index in [0.29, 0.717) is 11.0 Å². The van der Waals surface area contributed by atoms with Crippen LogP contribution in [0.2, 0.25) is 0 Å². The summed E-state index contributed by atoms with van der Waals surface area (Å²) >= 11 is 0. The van der Waals surface area contributed by atoms with Gasteiger partial charge in [-0.05, 0) is 17.7 Å². The number of aromatic nitrogens is 3. The molecule has 0 aliphatic heterocycles. The molecule has 0 saturated carbocycles. The average Bonchev–Trinajstić information content (AvgIpc) is 2.71. The Bertz CT molecular complexity index is 1100. The molecule has 0 unspecified atom stereocenters. The van der Waals surface area contributed by atoms with Crippen LogP contribution in [0.5, 0.6) is 5.88 Å². The molecule has 0 radical (unpaired) electrons. The maximum absolute atomic E-state index is 12.2. The van der Waals surface area contributed by atoms with Gasteiger partial charge in [-0.2, -0.15) is 0 Å². The highest BCUT2D eigenvalue weighted by Gasteiger charge is 2.19. The lowest BCUT2D eigenvalue weighted by molar-refractivity contribution is 0.0587. The Balaban J connectivity index is 1.82. The molecule has 0 fully saturated rings. The molecular weight excluding hydrogens is 330 g/mol. The fraction of sp³-hybridized carbons (Fsp3) is 0.100. The third-order valence-electron chi connectivity index (χ3n) is 4.02. The lowest BCUT2D eigenvalue weighted by Crippen LogP contribution is -2.10. The number of hydrogen-bond acceptors (Lipinski definition) is 6. The molecule has 0 spiro atoms. The molecule has 6 nitrogen and oxygen atoms in total. The minimum absolute atomic E-state index is 0.0558. The number of carbonyl (C=O) groups excluding carboxylic acids is 1. The first kappa shape index (κ1) is 16.0. The quantitative estimate of drug-likeness (QED) is 0.416. The second kappa shape index (κ2) is 6.76. The Kier molecular flexibility index (Phi) is 4.15. The van der Waals surface area contributed by atoms with E-state index in [2.05, 4.69) is 15.0 Å². The maximum Gasteiger partial charge on any atom is 0.362 e. The smallest absolute Gasteiger partial charge is 0.362 e. The van der Waals surface area contributed by atoms with Crippen molar-refractivity contribution in [2.45, 2.75) is 6.61 Å². The van der Waals surface area contributed by atoms with Crippen LogP contribution in [0.1, 0.15) is 16.1 Å². The molecule has 0 bridgehead atoms. The number of carbonyl (C=O) groups is 1. The third kappa shape index (κ3) is 2.93. The SMILES string of the molecule is COC(=O)c1nc2c(ccc3cnccc32)nc1OCc1ccccc1. The van der Waals surface area contributed by atoms with Crippen LogP contribution < -0.4 is 4.74 Å². The molecule has 4 aromatic rings. The average molecular weight is 345 g/mol. The number of benzene rings is 2. The van der Waals surface area contributed by atoms with Crippen LogP contribution in [0.25, 0.3) is 21.8 Å². The van der Waals surface area contributed by atoms with Gasteiger partial charge in [-0.1, -0.05) is 36.4 Å². The highest BCUT2D eigenvalue weighted by atomic mass is 16.5. The highest BCUT2D eigenvalue weighted by molar-refractivity contribution is 6.05.